The van der Waals surface area contributed by atoms with E-state index < -0.39 is 0 Å². The molecule has 84 valence electrons. The van der Waals surface area contributed by atoms with E-state index in [1.54, 1.807) is 0 Å². The highest BCUT2D eigenvalue weighted by atomic mass is 16.5. The maximum Gasteiger partial charge on any atom is 0.0736 e. The SMILES string of the molecule is CC(C)C1OC(C)(C(C)C)C1C(C)C. The molecule has 1 fully saturated rings. The molecule has 1 rings (SSSR count). The van der Waals surface area contributed by atoms with Gasteiger partial charge in [0.05, 0.1) is 11.7 Å². The zero-order valence-electron chi connectivity index (χ0n) is 10.8. The third kappa shape index (κ3) is 1.71. The largest absolute Gasteiger partial charge is 0.371 e. The van der Waals surface area contributed by atoms with E-state index in [1.165, 1.54) is 0 Å². The van der Waals surface area contributed by atoms with Gasteiger partial charge in [-0.3, -0.25) is 0 Å². The fourth-order valence-corrected chi connectivity index (χ4v) is 2.81. The Morgan fingerprint density at radius 3 is 1.71 bits per heavy atom. The average molecular weight is 198 g/mol. The van der Waals surface area contributed by atoms with Crippen LogP contribution < -0.4 is 0 Å². The molecule has 3 atom stereocenters. The van der Waals surface area contributed by atoms with Crippen LogP contribution in [0.15, 0.2) is 0 Å². The lowest BCUT2D eigenvalue weighted by atomic mass is 9.64. The minimum Gasteiger partial charge on any atom is -0.371 e. The molecule has 1 heteroatoms. The molecule has 0 spiro atoms. The zero-order valence-corrected chi connectivity index (χ0v) is 10.8. The minimum absolute atomic E-state index is 0.114. The first-order valence-electron chi connectivity index (χ1n) is 5.98. The van der Waals surface area contributed by atoms with Crippen LogP contribution in [-0.2, 0) is 4.74 Å². The van der Waals surface area contributed by atoms with Gasteiger partial charge >= 0.3 is 0 Å². The first-order valence-corrected chi connectivity index (χ1v) is 5.98. The van der Waals surface area contributed by atoms with Crippen LogP contribution >= 0.6 is 0 Å². The molecule has 1 aliphatic heterocycles. The highest BCUT2D eigenvalue weighted by molar-refractivity contribution is 5.02. The lowest BCUT2D eigenvalue weighted by molar-refractivity contribution is -0.296. The van der Waals surface area contributed by atoms with E-state index in [-0.39, 0.29) is 5.60 Å². The van der Waals surface area contributed by atoms with Gasteiger partial charge in [0.15, 0.2) is 0 Å². The Kier molecular flexibility index (Phi) is 3.30. The molecule has 0 amide bonds. The summed E-state index contributed by atoms with van der Waals surface area (Å²) >= 11 is 0. The maximum atomic E-state index is 6.12. The van der Waals surface area contributed by atoms with Crippen LogP contribution in [0.1, 0.15) is 48.5 Å². The lowest BCUT2D eigenvalue weighted by Gasteiger charge is -2.59. The van der Waals surface area contributed by atoms with Crippen LogP contribution in [0.5, 0.6) is 0 Å². The average Bonchev–Trinajstić information content (AvgIpc) is 1.97. The summed E-state index contributed by atoms with van der Waals surface area (Å²) in [5.41, 5.74) is 0.114. The van der Waals surface area contributed by atoms with Crippen molar-refractivity contribution >= 4 is 0 Å². The van der Waals surface area contributed by atoms with E-state index >= 15 is 0 Å². The minimum atomic E-state index is 0.114. The van der Waals surface area contributed by atoms with Crippen molar-refractivity contribution in [3.05, 3.63) is 0 Å². The summed E-state index contributed by atoms with van der Waals surface area (Å²) in [6, 6.07) is 0. The number of ether oxygens (including phenoxy) is 1. The van der Waals surface area contributed by atoms with Gasteiger partial charge in [-0.2, -0.15) is 0 Å². The third-order valence-corrected chi connectivity index (χ3v) is 3.93. The molecule has 0 aromatic carbocycles. The van der Waals surface area contributed by atoms with Crippen LogP contribution in [-0.4, -0.2) is 11.7 Å². The summed E-state index contributed by atoms with van der Waals surface area (Å²) in [6.45, 7) is 16.0. The molecule has 0 aliphatic carbocycles. The van der Waals surface area contributed by atoms with E-state index in [0.717, 1.165) is 11.8 Å². The van der Waals surface area contributed by atoms with Crippen molar-refractivity contribution in [3.63, 3.8) is 0 Å². The monoisotopic (exact) mass is 198 g/mol. The summed E-state index contributed by atoms with van der Waals surface area (Å²) in [5.74, 6) is 2.71. The van der Waals surface area contributed by atoms with Gasteiger partial charge in [-0.1, -0.05) is 41.5 Å². The van der Waals surface area contributed by atoms with Crippen LogP contribution in [0.3, 0.4) is 0 Å². The molecule has 0 bridgehead atoms. The standard InChI is InChI=1S/C13H26O/c1-8(2)11-12(9(3)4)14-13(11,7)10(5)6/h8-12H,1-7H3. The van der Waals surface area contributed by atoms with Gasteiger partial charge in [-0.15, -0.1) is 0 Å². The van der Waals surface area contributed by atoms with Gasteiger partial charge in [0.25, 0.3) is 0 Å². The van der Waals surface area contributed by atoms with E-state index in [4.69, 9.17) is 4.74 Å². The fraction of sp³-hybridized carbons (Fsp3) is 1.00. The van der Waals surface area contributed by atoms with Gasteiger partial charge in [-0.25, -0.2) is 0 Å². The second-order valence-corrected chi connectivity index (χ2v) is 5.93. The molecule has 1 heterocycles. The number of hydrogen-bond donors (Lipinski definition) is 0. The number of hydrogen-bond acceptors (Lipinski definition) is 1. The Bertz CT molecular complexity index is 195. The summed E-state index contributed by atoms with van der Waals surface area (Å²) in [6.07, 6.45) is 0.474. The molecule has 0 N–H and O–H groups in total. The second kappa shape index (κ2) is 3.84. The van der Waals surface area contributed by atoms with Gasteiger partial charge in [-0.05, 0) is 24.7 Å². The van der Waals surface area contributed by atoms with Crippen molar-refractivity contribution in [2.24, 2.45) is 23.7 Å². The molecule has 0 saturated carbocycles. The Morgan fingerprint density at radius 2 is 1.43 bits per heavy atom. The van der Waals surface area contributed by atoms with Crippen molar-refractivity contribution in [2.75, 3.05) is 0 Å². The molecule has 0 aromatic rings. The van der Waals surface area contributed by atoms with Gasteiger partial charge in [0, 0.05) is 5.92 Å². The molecule has 0 aromatic heterocycles. The van der Waals surface area contributed by atoms with Crippen LogP contribution in [0.2, 0.25) is 0 Å². The molecular formula is C13H26O. The smallest absolute Gasteiger partial charge is 0.0736 e. The fourth-order valence-electron chi connectivity index (χ4n) is 2.81. The van der Waals surface area contributed by atoms with Crippen molar-refractivity contribution in [1.82, 2.24) is 0 Å². The predicted molar refractivity (Wildman–Crippen MR) is 61.3 cm³/mol. The zero-order chi connectivity index (χ0) is 11.1. The van der Waals surface area contributed by atoms with Crippen molar-refractivity contribution in [1.29, 1.82) is 0 Å². The second-order valence-electron chi connectivity index (χ2n) is 5.93. The molecular weight excluding hydrogens is 172 g/mol. The molecule has 1 aliphatic rings. The molecule has 3 unspecified atom stereocenters. The topological polar surface area (TPSA) is 9.23 Å². The lowest BCUT2D eigenvalue weighted by Crippen LogP contribution is -2.64. The van der Waals surface area contributed by atoms with E-state index in [0.29, 0.717) is 17.9 Å². The Hall–Kier alpha value is -0.0400. The third-order valence-electron chi connectivity index (χ3n) is 3.93. The summed E-state index contributed by atoms with van der Waals surface area (Å²) in [5, 5.41) is 0. The van der Waals surface area contributed by atoms with Crippen LogP contribution in [0.25, 0.3) is 0 Å². The van der Waals surface area contributed by atoms with E-state index in [1.807, 2.05) is 0 Å². The summed E-state index contributed by atoms with van der Waals surface area (Å²) in [7, 11) is 0. The highest BCUT2D eigenvalue weighted by Crippen LogP contribution is 2.50. The van der Waals surface area contributed by atoms with Crippen molar-refractivity contribution in [2.45, 2.75) is 60.2 Å². The first-order chi connectivity index (χ1) is 6.30. The van der Waals surface area contributed by atoms with Crippen LogP contribution in [0, 0.1) is 23.7 Å². The Labute approximate surface area is 89.2 Å². The normalized spacial score (nSPS) is 38.1. The molecule has 0 radical (unpaired) electrons. The summed E-state index contributed by atoms with van der Waals surface area (Å²) in [4.78, 5) is 0. The van der Waals surface area contributed by atoms with Crippen molar-refractivity contribution in [3.8, 4) is 0 Å². The van der Waals surface area contributed by atoms with Crippen LogP contribution in [0.4, 0.5) is 0 Å². The Balaban J connectivity index is 2.77. The maximum absolute atomic E-state index is 6.12. The van der Waals surface area contributed by atoms with Gasteiger partial charge < -0.3 is 4.74 Å². The highest BCUT2D eigenvalue weighted by Gasteiger charge is 2.55. The summed E-state index contributed by atoms with van der Waals surface area (Å²) < 4.78 is 6.12. The van der Waals surface area contributed by atoms with Gasteiger partial charge in [0.1, 0.15) is 0 Å². The van der Waals surface area contributed by atoms with E-state index in [2.05, 4.69) is 48.5 Å². The van der Waals surface area contributed by atoms with Crippen molar-refractivity contribution < 1.29 is 4.74 Å². The molecule has 1 nitrogen and oxygen atoms in total. The Morgan fingerprint density at radius 1 is 0.929 bits per heavy atom. The molecule has 14 heavy (non-hydrogen) atoms. The predicted octanol–water partition coefficient (Wildman–Crippen LogP) is 3.73. The quantitative estimate of drug-likeness (QED) is 0.671. The number of rotatable bonds is 3. The van der Waals surface area contributed by atoms with E-state index in [9.17, 15) is 0 Å². The molecule has 1 saturated heterocycles. The van der Waals surface area contributed by atoms with Gasteiger partial charge in [0.2, 0.25) is 0 Å². The first kappa shape index (κ1) is 12.0.